The molecule has 0 amide bonds. The summed E-state index contributed by atoms with van der Waals surface area (Å²) in [5, 5.41) is 2.48. The van der Waals surface area contributed by atoms with Crippen LogP contribution in [0.15, 0.2) is 0 Å². The van der Waals surface area contributed by atoms with Gasteiger partial charge in [-0.1, -0.05) is 19.8 Å². The van der Waals surface area contributed by atoms with Crippen LogP contribution in [-0.4, -0.2) is 19.3 Å². The SMILES string of the molecule is CC1CCC(CNCC(F)(F)F)CC1. The molecular formula is C10H18F3N. The minimum absolute atomic E-state index is 0.452. The van der Waals surface area contributed by atoms with Gasteiger partial charge in [0, 0.05) is 0 Å². The summed E-state index contributed by atoms with van der Waals surface area (Å²) in [6.45, 7) is 1.88. The molecule has 1 aliphatic rings. The highest BCUT2D eigenvalue weighted by molar-refractivity contribution is 4.72. The van der Waals surface area contributed by atoms with Crippen molar-refractivity contribution >= 4 is 0 Å². The number of hydrogen-bond donors (Lipinski definition) is 1. The predicted octanol–water partition coefficient (Wildman–Crippen LogP) is 2.96. The lowest BCUT2D eigenvalue weighted by Gasteiger charge is -2.26. The Kier molecular flexibility index (Phi) is 4.23. The number of halogens is 3. The van der Waals surface area contributed by atoms with E-state index in [4.69, 9.17) is 0 Å². The standard InChI is InChI=1S/C10H18F3N/c1-8-2-4-9(5-3-8)6-14-7-10(11,12)13/h8-9,14H,2-7H2,1H3. The molecular weight excluding hydrogens is 191 g/mol. The summed E-state index contributed by atoms with van der Waals surface area (Å²) in [5.74, 6) is 1.21. The summed E-state index contributed by atoms with van der Waals surface area (Å²) in [7, 11) is 0. The Morgan fingerprint density at radius 1 is 1.14 bits per heavy atom. The normalized spacial score (nSPS) is 29.1. The minimum Gasteiger partial charge on any atom is -0.308 e. The van der Waals surface area contributed by atoms with Crippen LogP contribution in [0.3, 0.4) is 0 Å². The van der Waals surface area contributed by atoms with E-state index >= 15 is 0 Å². The quantitative estimate of drug-likeness (QED) is 0.753. The van der Waals surface area contributed by atoms with Crippen molar-refractivity contribution in [3.05, 3.63) is 0 Å². The van der Waals surface area contributed by atoms with Crippen LogP contribution in [0.4, 0.5) is 13.2 Å². The first kappa shape index (κ1) is 11.8. The van der Waals surface area contributed by atoms with Gasteiger partial charge in [0.15, 0.2) is 0 Å². The molecule has 0 unspecified atom stereocenters. The zero-order valence-corrected chi connectivity index (χ0v) is 8.53. The molecule has 0 aromatic heterocycles. The van der Waals surface area contributed by atoms with Gasteiger partial charge in [-0.15, -0.1) is 0 Å². The van der Waals surface area contributed by atoms with Crippen molar-refractivity contribution in [2.24, 2.45) is 11.8 Å². The summed E-state index contributed by atoms with van der Waals surface area (Å²) >= 11 is 0. The van der Waals surface area contributed by atoms with E-state index < -0.39 is 12.7 Å². The van der Waals surface area contributed by atoms with Crippen LogP contribution in [-0.2, 0) is 0 Å². The highest BCUT2D eigenvalue weighted by Crippen LogP contribution is 2.27. The first-order chi connectivity index (χ1) is 6.47. The predicted molar refractivity (Wildman–Crippen MR) is 50.0 cm³/mol. The Balaban J connectivity index is 2.08. The number of alkyl halides is 3. The molecule has 0 aliphatic heterocycles. The number of rotatable bonds is 3. The van der Waals surface area contributed by atoms with E-state index in [1.807, 2.05) is 0 Å². The van der Waals surface area contributed by atoms with Crippen LogP contribution in [0.2, 0.25) is 0 Å². The molecule has 84 valence electrons. The molecule has 4 heteroatoms. The van der Waals surface area contributed by atoms with Crippen molar-refractivity contribution < 1.29 is 13.2 Å². The molecule has 1 nitrogen and oxygen atoms in total. The van der Waals surface area contributed by atoms with E-state index in [0.29, 0.717) is 12.5 Å². The topological polar surface area (TPSA) is 12.0 Å². The first-order valence-corrected chi connectivity index (χ1v) is 5.25. The van der Waals surface area contributed by atoms with E-state index in [2.05, 4.69) is 12.2 Å². The molecule has 1 saturated carbocycles. The van der Waals surface area contributed by atoms with Crippen LogP contribution in [0.25, 0.3) is 0 Å². The van der Waals surface area contributed by atoms with Crippen LogP contribution in [0.5, 0.6) is 0 Å². The average Bonchev–Trinajstić information content (AvgIpc) is 2.06. The summed E-state index contributed by atoms with van der Waals surface area (Å²) in [6.07, 6.45) is 0.413. The van der Waals surface area contributed by atoms with Crippen molar-refractivity contribution in [1.82, 2.24) is 5.32 Å². The third-order valence-corrected chi connectivity index (χ3v) is 2.89. The largest absolute Gasteiger partial charge is 0.401 e. The highest BCUT2D eigenvalue weighted by Gasteiger charge is 2.27. The first-order valence-electron chi connectivity index (χ1n) is 5.25. The Morgan fingerprint density at radius 3 is 2.21 bits per heavy atom. The molecule has 1 fully saturated rings. The van der Waals surface area contributed by atoms with E-state index in [9.17, 15) is 13.2 Å². The molecule has 0 saturated heterocycles. The second-order valence-corrected chi connectivity index (χ2v) is 4.37. The van der Waals surface area contributed by atoms with E-state index in [0.717, 1.165) is 18.8 Å². The lowest BCUT2D eigenvalue weighted by atomic mass is 9.83. The smallest absolute Gasteiger partial charge is 0.308 e. The highest BCUT2D eigenvalue weighted by atomic mass is 19.4. The van der Waals surface area contributed by atoms with Crippen molar-refractivity contribution in [1.29, 1.82) is 0 Å². The molecule has 0 aromatic rings. The summed E-state index contributed by atoms with van der Waals surface area (Å²) in [6, 6.07) is 0. The Hall–Kier alpha value is -0.250. The second-order valence-electron chi connectivity index (χ2n) is 4.37. The van der Waals surface area contributed by atoms with Gasteiger partial charge in [0.1, 0.15) is 0 Å². The van der Waals surface area contributed by atoms with Gasteiger partial charge in [0.05, 0.1) is 6.54 Å². The van der Waals surface area contributed by atoms with E-state index in [1.54, 1.807) is 0 Å². The molecule has 0 radical (unpaired) electrons. The van der Waals surface area contributed by atoms with Crippen molar-refractivity contribution in [2.75, 3.05) is 13.1 Å². The van der Waals surface area contributed by atoms with Crippen molar-refractivity contribution in [2.45, 2.75) is 38.8 Å². The third-order valence-electron chi connectivity index (χ3n) is 2.89. The van der Waals surface area contributed by atoms with Gasteiger partial charge in [-0.3, -0.25) is 0 Å². The van der Waals surface area contributed by atoms with Crippen LogP contribution < -0.4 is 5.32 Å². The van der Waals surface area contributed by atoms with Crippen LogP contribution in [0, 0.1) is 11.8 Å². The fourth-order valence-electron chi connectivity index (χ4n) is 1.95. The molecule has 1 rings (SSSR count). The Morgan fingerprint density at radius 2 is 1.71 bits per heavy atom. The average molecular weight is 209 g/mol. The van der Waals surface area contributed by atoms with Gasteiger partial charge in [0.2, 0.25) is 0 Å². The van der Waals surface area contributed by atoms with E-state index in [1.165, 1.54) is 12.8 Å². The maximum atomic E-state index is 11.8. The van der Waals surface area contributed by atoms with Crippen LogP contribution >= 0.6 is 0 Å². The molecule has 1 N–H and O–H groups in total. The Bertz CT molecular complexity index is 159. The molecule has 14 heavy (non-hydrogen) atoms. The lowest BCUT2D eigenvalue weighted by molar-refractivity contribution is -0.125. The molecule has 1 aliphatic carbocycles. The van der Waals surface area contributed by atoms with Crippen molar-refractivity contribution in [3.63, 3.8) is 0 Å². The second kappa shape index (κ2) is 5.01. The van der Waals surface area contributed by atoms with Gasteiger partial charge < -0.3 is 5.32 Å². The zero-order valence-electron chi connectivity index (χ0n) is 8.53. The van der Waals surface area contributed by atoms with Gasteiger partial charge >= 0.3 is 6.18 Å². The van der Waals surface area contributed by atoms with Gasteiger partial charge in [0.25, 0.3) is 0 Å². The lowest BCUT2D eigenvalue weighted by Crippen LogP contribution is -2.33. The summed E-state index contributed by atoms with van der Waals surface area (Å²) in [4.78, 5) is 0. The minimum atomic E-state index is -4.07. The van der Waals surface area contributed by atoms with Gasteiger partial charge in [-0.2, -0.15) is 13.2 Å². The van der Waals surface area contributed by atoms with Crippen molar-refractivity contribution in [3.8, 4) is 0 Å². The summed E-state index contributed by atoms with van der Waals surface area (Å²) < 4.78 is 35.4. The Labute approximate surface area is 83.1 Å². The fourth-order valence-corrected chi connectivity index (χ4v) is 1.95. The molecule has 0 spiro atoms. The van der Waals surface area contributed by atoms with Crippen LogP contribution in [0.1, 0.15) is 32.6 Å². The molecule has 0 atom stereocenters. The zero-order chi connectivity index (χ0) is 10.6. The maximum Gasteiger partial charge on any atom is 0.401 e. The summed E-state index contributed by atoms with van der Waals surface area (Å²) in [5.41, 5.74) is 0. The third kappa shape index (κ3) is 4.84. The number of hydrogen-bond acceptors (Lipinski definition) is 1. The molecule has 0 heterocycles. The van der Waals surface area contributed by atoms with E-state index in [-0.39, 0.29) is 0 Å². The molecule has 0 aromatic carbocycles. The number of nitrogens with one attached hydrogen (secondary N) is 1. The van der Waals surface area contributed by atoms with Gasteiger partial charge in [-0.05, 0) is 31.2 Å². The maximum absolute atomic E-state index is 11.8. The fraction of sp³-hybridized carbons (Fsp3) is 1.00. The van der Waals surface area contributed by atoms with Gasteiger partial charge in [-0.25, -0.2) is 0 Å². The monoisotopic (exact) mass is 209 g/mol. The molecule has 0 bridgehead atoms.